The number of fused-ring (bicyclic) bond motifs is 1. The van der Waals surface area contributed by atoms with E-state index in [1.165, 1.54) is 12.1 Å². The van der Waals surface area contributed by atoms with Crippen molar-refractivity contribution in [1.82, 2.24) is 30.5 Å². The van der Waals surface area contributed by atoms with Gasteiger partial charge >= 0.3 is 6.18 Å². The number of alkyl halides is 3. The number of hydrogen-bond acceptors (Lipinski definition) is 6. The molecule has 0 radical (unpaired) electrons. The number of hydrogen-bond donors (Lipinski definition) is 2. The zero-order valence-electron chi connectivity index (χ0n) is 14.6. The second-order valence-corrected chi connectivity index (χ2v) is 6.75. The predicted molar refractivity (Wildman–Crippen MR) is 94.1 cm³/mol. The molecule has 1 fully saturated rings. The molecule has 27 heavy (non-hydrogen) atoms. The number of likely N-dealkylation sites (N-methyl/N-ethyl adjacent to an activating group) is 1. The fourth-order valence-corrected chi connectivity index (χ4v) is 3.35. The van der Waals surface area contributed by atoms with E-state index in [1.54, 1.807) is 0 Å². The maximum absolute atomic E-state index is 12.8. The minimum atomic E-state index is -4.38. The molecule has 0 unspecified atom stereocenters. The Labute approximate surface area is 153 Å². The number of rotatable bonds is 3. The number of piperidine rings is 1. The largest absolute Gasteiger partial charge is 0.416 e. The second-order valence-electron chi connectivity index (χ2n) is 6.75. The SMILES string of the molecule is CN1CCC[C@@H](Nc2nnc(-c3ccc(C(F)(F)F)cc3)c3[nH]nnc23)C1. The fourth-order valence-electron chi connectivity index (χ4n) is 3.35. The Hall–Kier alpha value is -2.75. The van der Waals surface area contributed by atoms with E-state index in [9.17, 15) is 13.2 Å². The number of aromatic amines is 1. The first kappa shape index (κ1) is 17.7. The van der Waals surface area contributed by atoms with Crippen LogP contribution >= 0.6 is 0 Å². The molecule has 0 amide bonds. The number of halogens is 3. The average Bonchev–Trinajstić information content (AvgIpc) is 3.12. The van der Waals surface area contributed by atoms with E-state index in [0.717, 1.165) is 38.1 Å². The maximum atomic E-state index is 12.8. The highest BCUT2D eigenvalue weighted by molar-refractivity contribution is 5.94. The van der Waals surface area contributed by atoms with Crippen molar-refractivity contribution in [2.75, 3.05) is 25.5 Å². The van der Waals surface area contributed by atoms with Crippen LogP contribution in [-0.2, 0) is 6.18 Å². The lowest BCUT2D eigenvalue weighted by molar-refractivity contribution is -0.137. The minimum absolute atomic E-state index is 0.231. The number of benzene rings is 1. The van der Waals surface area contributed by atoms with Crippen LogP contribution in [0.2, 0.25) is 0 Å². The Balaban J connectivity index is 1.65. The van der Waals surface area contributed by atoms with Crippen LogP contribution in [0.3, 0.4) is 0 Å². The quantitative estimate of drug-likeness (QED) is 0.730. The normalized spacial score (nSPS) is 18.7. The van der Waals surface area contributed by atoms with Gasteiger partial charge in [-0.3, -0.25) is 5.10 Å². The van der Waals surface area contributed by atoms with E-state index >= 15 is 0 Å². The van der Waals surface area contributed by atoms with E-state index in [-0.39, 0.29) is 6.04 Å². The van der Waals surface area contributed by atoms with Crippen molar-refractivity contribution in [2.24, 2.45) is 0 Å². The third-order valence-electron chi connectivity index (χ3n) is 4.71. The van der Waals surface area contributed by atoms with Gasteiger partial charge in [-0.05, 0) is 38.6 Å². The number of aromatic nitrogens is 5. The third kappa shape index (κ3) is 3.57. The van der Waals surface area contributed by atoms with Gasteiger partial charge in [-0.2, -0.15) is 13.2 Å². The molecule has 3 heterocycles. The molecule has 0 bridgehead atoms. The van der Waals surface area contributed by atoms with E-state index in [1.807, 2.05) is 0 Å². The number of likely N-dealkylation sites (tertiary alicyclic amines) is 1. The summed E-state index contributed by atoms with van der Waals surface area (Å²) >= 11 is 0. The van der Waals surface area contributed by atoms with Crippen LogP contribution in [0.25, 0.3) is 22.3 Å². The van der Waals surface area contributed by atoms with Crippen LogP contribution < -0.4 is 5.32 Å². The van der Waals surface area contributed by atoms with Crippen molar-refractivity contribution >= 4 is 16.9 Å². The maximum Gasteiger partial charge on any atom is 0.416 e. The topological polar surface area (TPSA) is 82.6 Å². The summed E-state index contributed by atoms with van der Waals surface area (Å²) in [6, 6.07) is 5.02. The lowest BCUT2D eigenvalue weighted by Gasteiger charge is -2.30. The van der Waals surface area contributed by atoms with E-state index in [2.05, 4.69) is 42.9 Å². The summed E-state index contributed by atoms with van der Waals surface area (Å²) in [4.78, 5) is 2.24. The van der Waals surface area contributed by atoms with Crippen molar-refractivity contribution in [3.05, 3.63) is 29.8 Å². The molecule has 0 aliphatic carbocycles. The molecule has 7 nitrogen and oxygen atoms in total. The van der Waals surface area contributed by atoms with Gasteiger partial charge in [-0.25, -0.2) is 0 Å². The molecule has 0 spiro atoms. The van der Waals surface area contributed by atoms with Gasteiger partial charge in [-0.1, -0.05) is 17.3 Å². The van der Waals surface area contributed by atoms with Crippen LogP contribution in [0.1, 0.15) is 18.4 Å². The Bertz CT molecular complexity index is 936. The van der Waals surface area contributed by atoms with Crippen LogP contribution in [0.4, 0.5) is 19.0 Å². The molecule has 1 atom stereocenters. The number of anilines is 1. The summed E-state index contributed by atoms with van der Waals surface area (Å²) in [6.45, 7) is 1.96. The van der Waals surface area contributed by atoms with Gasteiger partial charge in [0.15, 0.2) is 11.3 Å². The molecule has 0 saturated carbocycles. The van der Waals surface area contributed by atoms with Gasteiger partial charge in [0.05, 0.1) is 5.56 Å². The lowest BCUT2D eigenvalue weighted by Crippen LogP contribution is -2.40. The highest BCUT2D eigenvalue weighted by Crippen LogP contribution is 2.32. The first-order valence-corrected chi connectivity index (χ1v) is 8.62. The summed E-state index contributed by atoms with van der Waals surface area (Å²) in [5.74, 6) is 0.523. The van der Waals surface area contributed by atoms with Crippen molar-refractivity contribution < 1.29 is 13.2 Å². The summed E-state index contributed by atoms with van der Waals surface area (Å²) in [5.41, 5.74) is 1.27. The molecule has 10 heteroatoms. The number of H-pyrrole nitrogens is 1. The van der Waals surface area contributed by atoms with E-state index < -0.39 is 11.7 Å². The highest BCUT2D eigenvalue weighted by Gasteiger charge is 2.30. The molecule has 1 aliphatic heterocycles. The minimum Gasteiger partial charge on any atom is -0.363 e. The van der Waals surface area contributed by atoms with Crippen molar-refractivity contribution in [3.63, 3.8) is 0 Å². The van der Waals surface area contributed by atoms with Crippen LogP contribution in [0.5, 0.6) is 0 Å². The molecule has 2 aromatic heterocycles. The van der Waals surface area contributed by atoms with Crippen LogP contribution in [0, 0.1) is 0 Å². The van der Waals surface area contributed by atoms with Gasteiger partial charge in [0.25, 0.3) is 0 Å². The number of nitrogens with one attached hydrogen (secondary N) is 2. The Morgan fingerprint density at radius 1 is 1.15 bits per heavy atom. The molecular weight excluding hydrogens is 359 g/mol. The van der Waals surface area contributed by atoms with Crippen molar-refractivity contribution in [3.8, 4) is 11.3 Å². The van der Waals surface area contributed by atoms with Gasteiger partial charge in [0.1, 0.15) is 11.2 Å². The molecular formula is C17H18F3N7. The molecule has 1 aliphatic rings. The van der Waals surface area contributed by atoms with Gasteiger partial charge in [0, 0.05) is 18.2 Å². The summed E-state index contributed by atoms with van der Waals surface area (Å²) in [7, 11) is 2.07. The summed E-state index contributed by atoms with van der Waals surface area (Å²) in [6.07, 6.45) is -2.27. The van der Waals surface area contributed by atoms with Gasteiger partial charge in [-0.15, -0.1) is 15.3 Å². The lowest BCUT2D eigenvalue weighted by atomic mass is 10.1. The van der Waals surface area contributed by atoms with Crippen LogP contribution in [0.15, 0.2) is 24.3 Å². The Morgan fingerprint density at radius 3 is 2.63 bits per heavy atom. The van der Waals surface area contributed by atoms with Crippen molar-refractivity contribution in [1.29, 1.82) is 0 Å². The van der Waals surface area contributed by atoms with E-state index in [4.69, 9.17) is 0 Å². The van der Waals surface area contributed by atoms with Crippen molar-refractivity contribution in [2.45, 2.75) is 25.1 Å². The molecule has 4 rings (SSSR count). The summed E-state index contributed by atoms with van der Waals surface area (Å²) < 4.78 is 38.3. The highest BCUT2D eigenvalue weighted by atomic mass is 19.4. The predicted octanol–water partition coefficient (Wildman–Crippen LogP) is 2.94. The molecule has 3 aromatic rings. The van der Waals surface area contributed by atoms with Gasteiger partial charge in [0.2, 0.25) is 0 Å². The monoisotopic (exact) mass is 377 g/mol. The molecule has 1 aromatic carbocycles. The first-order chi connectivity index (χ1) is 12.9. The third-order valence-corrected chi connectivity index (χ3v) is 4.71. The zero-order chi connectivity index (χ0) is 19.0. The second kappa shape index (κ2) is 6.76. The Morgan fingerprint density at radius 2 is 1.93 bits per heavy atom. The molecule has 1 saturated heterocycles. The van der Waals surface area contributed by atoms with E-state index in [0.29, 0.717) is 28.1 Å². The van der Waals surface area contributed by atoms with Gasteiger partial charge < -0.3 is 10.2 Å². The molecule has 142 valence electrons. The van der Waals surface area contributed by atoms with Crippen LogP contribution in [-0.4, -0.2) is 56.7 Å². The average molecular weight is 377 g/mol. The molecule has 2 N–H and O–H groups in total. The number of nitrogens with zero attached hydrogens (tertiary/aromatic N) is 5. The standard InChI is InChI=1S/C17H18F3N7/c1-27-8-2-3-12(9-27)21-16-15-14(23-26-24-15)13(22-25-16)10-4-6-11(7-5-10)17(18,19)20/h4-7,12H,2-3,8-9H2,1H3,(H,21,25)(H,23,24,26)/t12-/m1/s1. The zero-order valence-corrected chi connectivity index (χ0v) is 14.6. The smallest absolute Gasteiger partial charge is 0.363 e. The summed E-state index contributed by atoms with van der Waals surface area (Å²) in [5, 5.41) is 22.5. The first-order valence-electron chi connectivity index (χ1n) is 8.62. The Kier molecular flexibility index (Phi) is 4.42. The fraction of sp³-hybridized carbons (Fsp3) is 0.412.